The molecule has 0 bridgehead atoms. The lowest BCUT2D eigenvalue weighted by atomic mass is 9.94. The first-order valence-corrected chi connectivity index (χ1v) is 13.2. The highest BCUT2D eigenvalue weighted by atomic mass is 79.9. The Morgan fingerprint density at radius 1 is 1.23 bits per heavy atom. The average Bonchev–Trinajstić information content (AvgIpc) is 2.85. The number of amides is 3. The highest BCUT2D eigenvalue weighted by Gasteiger charge is 2.52. The smallest absolute Gasteiger partial charge is 0.329 e. The number of nitrogens with zero attached hydrogens (tertiary/aromatic N) is 2. The molecule has 2 atom stereocenters. The van der Waals surface area contributed by atoms with E-state index in [-0.39, 0.29) is 5.92 Å². The van der Waals surface area contributed by atoms with E-state index in [4.69, 9.17) is 0 Å². The summed E-state index contributed by atoms with van der Waals surface area (Å²) in [4.78, 5) is 30.5. The van der Waals surface area contributed by atoms with Gasteiger partial charge in [-0.2, -0.15) is 0 Å². The average molecular weight is 544 g/mol. The molecular formula is C27H35BrN4O3. The largest absolute Gasteiger partial charge is 0.359 e. The Hall–Kier alpha value is -2.42. The molecule has 3 N–H and O–H groups in total. The van der Waals surface area contributed by atoms with E-state index in [1.807, 2.05) is 19.1 Å². The monoisotopic (exact) mass is 542 g/mol. The van der Waals surface area contributed by atoms with Gasteiger partial charge in [-0.1, -0.05) is 48.8 Å². The maximum Gasteiger partial charge on any atom is 0.329 e. The van der Waals surface area contributed by atoms with Crippen LogP contribution in [0.4, 0.5) is 16.2 Å². The number of rotatable bonds is 7. The molecule has 0 aliphatic carbocycles. The molecule has 3 amide bonds. The maximum absolute atomic E-state index is 13.7. The lowest BCUT2D eigenvalue weighted by Gasteiger charge is -2.43. The van der Waals surface area contributed by atoms with Crippen molar-refractivity contribution in [2.45, 2.75) is 45.8 Å². The predicted molar refractivity (Wildman–Crippen MR) is 142 cm³/mol. The molecule has 2 aromatic rings. The number of nitrogens with one attached hydrogen (secondary N) is 2. The number of likely N-dealkylation sites (tertiary alicyclic amines) is 1. The van der Waals surface area contributed by atoms with Gasteiger partial charge in [0.15, 0.2) is 0 Å². The summed E-state index contributed by atoms with van der Waals surface area (Å²) in [5.74, 6) is 0.350. The zero-order chi connectivity index (χ0) is 25.2. The minimum absolute atomic E-state index is 0.202. The molecule has 188 valence electrons. The Kier molecular flexibility index (Phi) is 7.83. The van der Waals surface area contributed by atoms with Gasteiger partial charge in [0.05, 0.1) is 5.69 Å². The summed E-state index contributed by atoms with van der Waals surface area (Å²) in [7, 11) is 0. The summed E-state index contributed by atoms with van der Waals surface area (Å²) < 4.78 is 0.701. The summed E-state index contributed by atoms with van der Waals surface area (Å²) in [6, 6.07) is 11.9. The number of hydrogen-bond donors (Lipinski definition) is 3. The molecule has 2 heterocycles. The quantitative estimate of drug-likeness (QED) is 0.473. The number of urea groups is 1. The fraction of sp³-hybridized carbons (Fsp3) is 0.481. The van der Waals surface area contributed by atoms with Gasteiger partial charge in [0, 0.05) is 28.8 Å². The van der Waals surface area contributed by atoms with E-state index in [9.17, 15) is 14.7 Å². The summed E-state index contributed by atoms with van der Waals surface area (Å²) in [6.45, 7) is 9.88. The lowest BCUT2D eigenvalue weighted by molar-refractivity contribution is -0.140. The second-order valence-corrected chi connectivity index (χ2v) is 10.9. The Balaban J connectivity index is 1.59. The van der Waals surface area contributed by atoms with Gasteiger partial charge in [-0.15, -0.1) is 0 Å². The van der Waals surface area contributed by atoms with E-state index >= 15 is 0 Å². The van der Waals surface area contributed by atoms with Crippen LogP contribution in [0.1, 0.15) is 44.7 Å². The Labute approximate surface area is 216 Å². The molecule has 2 aliphatic heterocycles. The molecule has 35 heavy (non-hydrogen) atoms. The van der Waals surface area contributed by atoms with E-state index in [1.54, 1.807) is 30.3 Å². The minimum Gasteiger partial charge on any atom is -0.359 e. The molecule has 0 spiro atoms. The van der Waals surface area contributed by atoms with Crippen molar-refractivity contribution in [2.75, 3.05) is 36.4 Å². The SMILES string of the molecule is CCc1ccc(N2C(=O)Nc3ccc(Br)cc3[C@@]2(O)C(=O)NC[C@@H](C)CN2CCC(C)CC2)cc1. The van der Waals surface area contributed by atoms with Gasteiger partial charge in [-0.05, 0) is 80.1 Å². The summed E-state index contributed by atoms with van der Waals surface area (Å²) in [5.41, 5.74) is 0.0748. The molecule has 2 aliphatic rings. The minimum atomic E-state index is -2.20. The van der Waals surface area contributed by atoms with Gasteiger partial charge in [-0.25, -0.2) is 4.79 Å². The molecule has 0 unspecified atom stereocenters. The fourth-order valence-corrected chi connectivity index (χ4v) is 5.26. The van der Waals surface area contributed by atoms with Crippen LogP contribution in [0, 0.1) is 11.8 Å². The first-order valence-electron chi connectivity index (χ1n) is 12.5. The number of halogens is 1. The van der Waals surface area contributed by atoms with E-state index < -0.39 is 17.7 Å². The predicted octanol–water partition coefficient (Wildman–Crippen LogP) is 4.69. The van der Waals surface area contributed by atoms with Crippen molar-refractivity contribution in [3.05, 3.63) is 58.1 Å². The van der Waals surface area contributed by atoms with Crippen LogP contribution in [0.5, 0.6) is 0 Å². The van der Waals surface area contributed by atoms with Crippen molar-refractivity contribution in [1.82, 2.24) is 10.2 Å². The molecule has 8 heteroatoms. The van der Waals surface area contributed by atoms with E-state index in [0.29, 0.717) is 28.0 Å². The third-order valence-corrected chi connectivity index (χ3v) is 7.60. The van der Waals surface area contributed by atoms with Crippen molar-refractivity contribution in [3.8, 4) is 0 Å². The topological polar surface area (TPSA) is 84.9 Å². The van der Waals surface area contributed by atoms with Gasteiger partial charge >= 0.3 is 6.03 Å². The normalized spacial score (nSPS) is 21.9. The molecule has 0 saturated carbocycles. The molecule has 7 nitrogen and oxygen atoms in total. The number of fused-ring (bicyclic) bond motifs is 1. The lowest BCUT2D eigenvalue weighted by Crippen LogP contribution is -2.63. The number of carbonyl (C=O) groups excluding carboxylic acids is 2. The number of anilines is 2. The highest BCUT2D eigenvalue weighted by Crippen LogP contribution is 2.41. The molecule has 0 aromatic heterocycles. The Morgan fingerprint density at radius 2 is 1.91 bits per heavy atom. The molecule has 0 radical (unpaired) electrons. The number of hydrogen-bond acceptors (Lipinski definition) is 4. The number of piperidine rings is 1. The van der Waals surface area contributed by atoms with Crippen molar-refractivity contribution < 1.29 is 14.7 Å². The fourth-order valence-electron chi connectivity index (χ4n) is 4.90. The van der Waals surface area contributed by atoms with Crippen LogP contribution in [0.25, 0.3) is 0 Å². The van der Waals surface area contributed by atoms with Gasteiger partial charge in [-0.3, -0.25) is 9.69 Å². The van der Waals surface area contributed by atoms with E-state index in [0.717, 1.165) is 42.4 Å². The first kappa shape index (κ1) is 25.7. The third kappa shape index (κ3) is 5.39. The molecule has 2 aromatic carbocycles. The number of benzene rings is 2. The van der Waals surface area contributed by atoms with Crippen molar-refractivity contribution >= 4 is 39.2 Å². The van der Waals surface area contributed by atoms with Gasteiger partial charge in [0.2, 0.25) is 0 Å². The Morgan fingerprint density at radius 3 is 2.57 bits per heavy atom. The Bertz CT molecular complexity index is 1070. The molecule has 1 fully saturated rings. The van der Waals surface area contributed by atoms with Crippen LogP contribution in [0.3, 0.4) is 0 Å². The van der Waals surface area contributed by atoms with Crippen molar-refractivity contribution in [3.63, 3.8) is 0 Å². The van der Waals surface area contributed by atoms with Crippen molar-refractivity contribution in [2.24, 2.45) is 11.8 Å². The summed E-state index contributed by atoms with van der Waals surface area (Å²) in [6.07, 6.45) is 3.25. The van der Waals surface area contributed by atoms with Crippen LogP contribution in [0.15, 0.2) is 46.9 Å². The van der Waals surface area contributed by atoms with Crippen LogP contribution < -0.4 is 15.5 Å². The second kappa shape index (κ2) is 10.7. The number of carbonyl (C=O) groups is 2. The van der Waals surface area contributed by atoms with Crippen LogP contribution in [0.2, 0.25) is 0 Å². The van der Waals surface area contributed by atoms with Gasteiger partial charge < -0.3 is 20.6 Å². The number of aliphatic hydroxyl groups is 1. The molecule has 4 rings (SSSR count). The van der Waals surface area contributed by atoms with Crippen LogP contribution in [-0.4, -0.2) is 48.1 Å². The van der Waals surface area contributed by atoms with Crippen molar-refractivity contribution in [1.29, 1.82) is 0 Å². The van der Waals surface area contributed by atoms with E-state index in [2.05, 4.69) is 45.3 Å². The standard InChI is InChI=1S/C27H35BrN4O3/c1-4-20-5-8-22(9-6-20)32-26(34)30-24-10-7-21(28)15-23(24)27(32,35)25(33)29-16-19(3)17-31-13-11-18(2)12-14-31/h5-10,15,18-19,35H,4,11-14,16-17H2,1-3H3,(H,29,33)(H,30,34)/t19-,27-/m1/s1. The first-order chi connectivity index (χ1) is 16.7. The third-order valence-electron chi connectivity index (χ3n) is 7.10. The highest BCUT2D eigenvalue weighted by molar-refractivity contribution is 9.10. The molecular weight excluding hydrogens is 508 g/mol. The van der Waals surface area contributed by atoms with Gasteiger partial charge in [0.1, 0.15) is 0 Å². The molecule has 1 saturated heterocycles. The summed E-state index contributed by atoms with van der Waals surface area (Å²) >= 11 is 3.44. The van der Waals surface area contributed by atoms with Gasteiger partial charge in [0.25, 0.3) is 11.6 Å². The van der Waals surface area contributed by atoms with Crippen LogP contribution in [-0.2, 0) is 16.9 Å². The number of aryl methyl sites for hydroxylation is 1. The zero-order valence-electron chi connectivity index (χ0n) is 20.7. The summed E-state index contributed by atoms with van der Waals surface area (Å²) in [5, 5.41) is 17.8. The zero-order valence-corrected chi connectivity index (χ0v) is 22.3. The maximum atomic E-state index is 13.7. The van der Waals surface area contributed by atoms with E-state index in [1.165, 1.54) is 12.8 Å². The second-order valence-electron chi connectivity index (χ2n) is 9.95. The van der Waals surface area contributed by atoms with Crippen LogP contribution >= 0.6 is 15.9 Å².